The Bertz CT molecular complexity index is 1740. The number of rotatable bonds is 8. The summed E-state index contributed by atoms with van der Waals surface area (Å²) in [5.74, 6) is -1.74. The summed E-state index contributed by atoms with van der Waals surface area (Å²) in [6, 6.07) is 12.9. The number of nitriles is 1. The molecule has 0 bridgehead atoms. The van der Waals surface area contributed by atoms with Gasteiger partial charge in [-0.05, 0) is 55.3 Å². The van der Waals surface area contributed by atoms with Gasteiger partial charge in [0, 0.05) is 43.4 Å². The van der Waals surface area contributed by atoms with Crippen LogP contribution in [0.5, 0.6) is 0 Å². The van der Waals surface area contributed by atoms with Crippen molar-refractivity contribution < 1.29 is 27.2 Å². The number of benzene rings is 2. The van der Waals surface area contributed by atoms with E-state index in [1.54, 1.807) is 55.7 Å². The van der Waals surface area contributed by atoms with Crippen LogP contribution in [0.2, 0.25) is 0 Å². The van der Waals surface area contributed by atoms with Gasteiger partial charge < -0.3 is 20.4 Å². The molecule has 1 aliphatic heterocycles. The predicted molar refractivity (Wildman–Crippen MR) is 152 cm³/mol. The summed E-state index contributed by atoms with van der Waals surface area (Å²) in [5.41, 5.74) is 1.64. The van der Waals surface area contributed by atoms with E-state index in [2.05, 4.69) is 5.32 Å². The van der Waals surface area contributed by atoms with E-state index in [1.807, 2.05) is 4.90 Å². The molecule has 2 heterocycles. The highest BCUT2D eigenvalue weighted by molar-refractivity contribution is 7.07. The molecule has 0 radical (unpaired) electrons. The highest BCUT2D eigenvalue weighted by Crippen LogP contribution is 2.28. The Morgan fingerprint density at radius 1 is 1.21 bits per heavy atom. The molecule has 4 rings (SSSR count). The zero-order chi connectivity index (χ0) is 30.6. The number of amides is 2. The number of nitrogens with zero attached hydrogens (tertiary/aromatic N) is 4. The number of carbonyl (C=O) groups is 2. The second-order valence-corrected chi connectivity index (χ2v) is 10.4. The molecule has 2 amide bonds. The van der Waals surface area contributed by atoms with Crippen LogP contribution in [0.1, 0.15) is 12.5 Å². The first-order chi connectivity index (χ1) is 19.9. The second-order valence-electron chi connectivity index (χ2n) is 9.34. The Labute approximate surface area is 241 Å². The number of aromatic nitrogens is 1. The number of carbonyl (C=O) groups excluding carboxylic acids is 2. The summed E-state index contributed by atoms with van der Waals surface area (Å²) < 4.78 is 52.3. The van der Waals surface area contributed by atoms with Gasteiger partial charge in [0.05, 0.1) is 6.54 Å². The topological polar surface area (TPSA) is 110 Å². The monoisotopic (exact) mass is 602 g/mol. The van der Waals surface area contributed by atoms with Crippen molar-refractivity contribution in [1.29, 1.82) is 5.26 Å². The van der Waals surface area contributed by atoms with E-state index in [0.29, 0.717) is 24.3 Å². The number of alkyl halides is 3. The van der Waals surface area contributed by atoms with E-state index in [4.69, 9.17) is 0 Å². The molecule has 1 aromatic heterocycles. The molecular formula is C28H26F4N6O3S. The van der Waals surface area contributed by atoms with Crippen molar-refractivity contribution in [3.63, 3.8) is 0 Å². The van der Waals surface area contributed by atoms with E-state index < -0.39 is 29.8 Å². The third kappa shape index (κ3) is 6.80. The molecule has 14 heteroatoms. The second kappa shape index (κ2) is 12.5. The minimum atomic E-state index is -4.66. The van der Waals surface area contributed by atoms with Crippen LogP contribution in [0.4, 0.5) is 34.6 Å². The van der Waals surface area contributed by atoms with E-state index in [9.17, 15) is 37.2 Å². The van der Waals surface area contributed by atoms with Crippen LogP contribution in [-0.2, 0) is 22.6 Å². The number of nitrogens with one attached hydrogen (secondary N) is 2. The lowest BCUT2D eigenvalue weighted by atomic mass is 10.2. The maximum Gasteiger partial charge on any atom is 0.405 e. The number of fused-ring (bicyclic) bond motifs is 1. The summed E-state index contributed by atoms with van der Waals surface area (Å²) in [7, 11) is 1.63. The number of halogens is 4. The van der Waals surface area contributed by atoms with Gasteiger partial charge in [-0.25, -0.2) is 4.39 Å². The first-order valence-electron chi connectivity index (χ1n) is 12.8. The number of thiazole rings is 1. The van der Waals surface area contributed by atoms with Gasteiger partial charge in [-0.3, -0.25) is 19.0 Å². The van der Waals surface area contributed by atoms with Crippen molar-refractivity contribution in [3.05, 3.63) is 73.4 Å². The molecule has 2 N–H and O–H groups in total. The van der Waals surface area contributed by atoms with Crippen molar-refractivity contribution in [1.82, 2.24) is 9.88 Å². The Morgan fingerprint density at radius 3 is 2.67 bits per heavy atom. The van der Waals surface area contributed by atoms with Gasteiger partial charge in [0.2, 0.25) is 5.91 Å². The lowest BCUT2D eigenvalue weighted by Crippen LogP contribution is -2.37. The van der Waals surface area contributed by atoms with Crippen LogP contribution in [-0.4, -0.2) is 49.2 Å². The van der Waals surface area contributed by atoms with Gasteiger partial charge in [0.1, 0.15) is 27.6 Å². The Balaban J connectivity index is 1.54. The maximum absolute atomic E-state index is 13.5. The first kappa shape index (κ1) is 30.3. The van der Waals surface area contributed by atoms with Crippen molar-refractivity contribution in [2.75, 3.05) is 41.8 Å². The molecule has 9 nitrogen and oxygen atoms in total. The molecule has 0 spiro atoms. The maximum atomic E-state index is 13.5. The van der Waals surface area contributed by atoms with Crippen molar-refractivity contribution in [2.24, 2.45) is 0 Å². The third-order valence-electron chi connectivity index (χ3n) is 6.56. The molecular weight excluding hydrogens is 576 g/mol. The molecule has 42 heavy (non-hydrogen) atoms. The number of hydrogen-bond acceptors (Lipinski definition) is 7. The van der Waals surface area contributed by atoms with Crippen LogP contribution in [0, 0.1) is 17.1 Å². The fourth-order valence-electron chi connectivity index (χ4n) is 4.43. The minimum absolute atomic E-state index is 0.0666. The van der Waals surface area contributed by atoms with E-state index >= 15 is 0 Å². The van der Waals surface area contributed by atoms with E-state index in [0.717, 1.165) is 27.2 Å². The van der Waals surface area contributed by atoms with Crippen LogP contribution >= 0.6 is 11.3 Å². The van der Waals surface area contributed by atoms with Crippen molar-refractivity contribution in [2.45, 2.75) is 26.1 Å². The molecule has 3 aromatic rings. The third-order valence-corrected chi connectivity index (χ3v) is 7.69. The van der Waals surface area contributed by atoms with Crippen molar-refractivity contribution in [3.8, 4) is 6.07 Å². The molecule has 0 unspecified atom stereocenters. The van der Waals surface area contributed by atoms with Crippen LogP contribution in [0.25, 0.3) is 11.8 Å². The van der Waals surface area contributed by atoms with Crippen LogP contribution < -0.4 is 35.2 Å². The van der Waals surface area contributed by atoms with Gasteiger partial charge in [0.25, 0.3) is 11.5 Å². The standard InChI is InChI=1S/C28H26F4N6O3S/c1-3-38-26(41)23(42-27(38)21(13-33)25(40)35-16-28(30,31)32)14-34-19-5-4-6-20(12-19)36(2)24(39)15-37-10-9-17-11-18(29)7-8-22(17)37/h4-8,11-12,14,34H,3,9-10,15-16H2,1-2H3,(H,35,40). The normalized spacial score (nSPS) is 13.8. The predicted octanol–water partition coefficient (Wildman–Crippen LogP) is 2.30. The quantitative estimate of drug-likeness (QED) is 0.383. The number of hydrogen-bond donors (Lipinski definition) is 2. The Hall–Kier alpha value is -4.64. The summed E-state index contributed by atoms with van der Waals surface area (Å²) in [6.45, 7) is 0.767. The lowest BCUT2D eigenvalue weighted by Gasteiger charge is -2.24. The SMILES string of the molecule is CCn1c(=C(C#N)C(=O)NCC(F)(F)F)sc(=CNc2cccc(N(C)C(=O)CN3CCc4cc(F)ccc43)c2)c1=O. The highest BCUT2D eigenvalue weighted by atomic mass is 32.1. The summed E-state index contributed by atoms with van der Waals surface area (Å²) >= 11 is 0.790. The Morgan fingerprint density at radius 2 is 1.98 bits per heavy atom. The summed E-state index contributed by atoms with van der Waals surface area (Å²) in [4.78, 5) is 41.6. The molecule has 220 valence electrons. The van der Waals surface area contributed by atoms with Crippen LogP contribution in [0.15, 0.2) is 47.3 Å². The largest absolute Gasteiger partial charge is 0.405 e. The molecule has 1 aliphatic rings. The fraction of sp³-hybridized carbons (Fsp3) is 0.286. The minimum Gasteiger partial charge on any atom is -0.362 e. The average molecular weight is 603 g/mol. The van der Waals surface area contributed by atoms with Gasteiger partial charge in [-0.15, -0.1) is 11.3 Å². The molecule has 0 atom stereocenters. The van der Waals surface area contributed by atoms with E-state index in [1.165, 1.54) is 23.2 Å². The molecule has 0 saturated heterocycles. The summed E-state index contributed by atoms with van der Waals surface area (Å²) in [5, 5.41) is 14.1. The van der Waals surface area contributed by atoms with Gasteiger partial charge in [0.15, 0.2) is 5.57 Å². The molecule has 2 aromatic carbocycles. The van der Waals surface area contributed by atoms with Crippen molar-refractivity contribution >= 4 is 52.0 Å². The van der Waals surface area contributed by atoms with Gasteiger partial charge in [-0.2, -0.15) is 18.4 Å². The van der Waals surface area contributed by atoms with Gasteiger partial charge in [-0.1, -0.05) is 6.07 Å². The zero-order valence-electron chi connectivity index (χ0n) is 22.6. The lowest BCUT2D eigenvalue weighted by molar-refractivity contribution is -0.135. The highest BCUT2D eigenvalue weighted by Gasteiger charge is 2.29. The molecule has 0 saturated carbocycles. The van der Waals surface area contributed by atoms with Gasteiger partial charge >= 0.3 is 6.18 Å². The van der Waals surface area contributed by atoms with Crippen LogP contribution in [0.3, 0.4) is 0 Å². The summed E-state index contributed by atoms with van der Waals surface area (Å²) in [6.07, 6.45) is -2.64. The average Bonchev–Trinajstić information content (AvgIpc) is 3.49. The zero-order valence-corrected chi connectivity index (χ0v) is 23.4. The first-order valence-corrected chi connectivity index (χ1v) is 13.6. The number of likely N-dealkylation sites (N-methyl/N-ethyl adjacent to an activating group) is 1. The molecule has 0 fully saturated rings. The number of anilines is 3. The Kier molecular flexibility index (Phi) is 9.01. The van der Waals surface area contributed by atoms with E-state index in [-0.39, 0.29) is 34.0 Å². The fourth-order valence-corrected chi connectivity index (χ4v) is 5.51. The molecule has 0 aliphatic carbocycles. The smallest absolute Gasteiger partial charge is 0.362 e.